The number of carbonyl (C=O) groups is 1. The lowest BCUT2D eigenvalue weighted by molar-refractivity contribution is -0.117. The molecule has 2 N–H and O–H groups in total. The number of hydrogen-bond acceptors (Lipinski definition) is 2. The molecule has 84 valence electrons. The van der Waals surface area contributed by atoms with Gasteiger partial charge in [0.1, 0.15) is 0 Å². The van der Waals surface area contributed by atoms with Crippen LogP contribution in [0.5, 0.6) is 0 Å². The first-order valence-electron chi connectivity index (χ1n) is 4.98. The number of carbonyl (C=O) groups excluding carboxylic acids is 1. The molecule has 1 aromatic carbocycles. The Morgan fingerprint density at radius 1 is 1.41 bits per heavy atom. The van der Waals surface area contributed by atoms with Crippen LogP contribution in [-0.2, 0) is 4.79 Å². The molecule has 1 amide bonds. The van der Waals surface area contributed by atoms with Crippen LogP contribution in [0.1, 0.15) is 12.0 Å². The van der Waals surface area contributed by atoms with Gasteiger partial charge < -0.3 is 5.73 Å². The van der Waals surface area contributed by atoms with E-state index in [0.29, 0.717) is 5.02 Å². The van der Waals surface area contributed by atoms with Gasteiger partial charge in [0, 0.05) is 17.1 Å². The molecule has 0 radical (unpaired) electrons. The van der Waals surface area contributed by atoms with Gasteiger partial charge in [0.25, 0.3) is 0 Å². The zero-order valence-electron chi connectivity index (χ0n) is 8.90. The van der Waals surface area contributed by atoms with Gasteiger partial charge in [0.15, 0.2) is 0 Å². The van der Waals surface area contributed by atoms with Crippen LogP contribution in [0.15, 0.2) is 30.5 Å². The van der Waals surface area contributed by atoms with Gasteiger partial charge in [0.2, 0.25) is 5.91 Å². The average Bonchev–Trinajstić information content (AvgIpc) is 2.30. The molecule has 0 saturated carbocycles. The van der Waals surface area contributed by atoms with Crippen LogP contribution in [0.25, 0.3) is 10.9 Å². The smallest absolute Gasteiger partial charge is 0.229 e. The highest BCUT2D eigenvalue weighted by Gasteiger charge is 1.99. The second kappa shape index (κ2) is 4.86. The van der Waals surface area contributed by atoms with E-state index in [1.807, 2.05) is 18.2 Å². The molecule has 1 aromatic heterocycles. The number of fused-ring (bicyclic) bond motifs is 1. The number of nitrogens with two attached hydrogens (primary N) is 1. The average molecular weight is 245 g/mol. The Bertz CT molecular complexity index is 641. The normalized spacial score (nSPS) is 9.71. The van der Waals surface area contributed by atoms with Crippen molar-refractivity contribution in [3.8, 4) is 11.8 Å². The lowest BCUT2D eigenvalue weighted by atomic mass is 10.1. The molecule has 2 aromatic rings. The topological polar surface area (TPSA) is 56.0 Å². The van der Waals surface area contributed by atoms with Crippen molar-refractivity contribution in [2.24, 2.45) is 5.73 Å². The van der Waals surface area contributed by atoms with Crippen molar-refractivity contribution in [3.63, 3.8) is 0 Å². The van der Waals surface area contributed by atoms with Crippen LogP contribution >= 0.6 is 11.6 Å². The number of rotatable bonds is 1. The van der Waals surface area contributed by atoms with Gasteiger partial charge in [-0.25, -0.2) is 0 Å². The highest BCUT2D eigenvalue weighted by atomic mass is 35.5. The number of nitrogens with zero attached hydrogens (tertiary/aromatic N) is 1. The highest BCUT2D eigenvalue weighted by Crippen LogP contribution is 2.22. The third kappa shape index (κ3) is 2.74. The minimum Gasteiger partial charge on any atom is -0.369 e. The number of primary amides is 1. The van der Waals surface area contributed by atoms with Crippen molar-refractivity contribution in [1.82, 2.24) is 4.98 Å². The summed E-state index contributed by atoms with van der Waals surface area (Å²) in [4.78, 5) is 14.7. The van der Waals surface area contributed by atoms with Crippen molar-refractivity contribution < 1.29 is 4.79 Å². The molecule has 2 rings (SSSR count). The monoisotopic (exact) mass is 244 g/mol. The van der Waals surface area contributed by atoms with Gasteiger partial charge in [-0.1, -0.05) is 23.4 Å². The minimum atomic E-state index is -0.432. The van der Waals surface area contributed by atoms with Crippen LogP contribution in [0.3, 0.4) is 0 Å². The molecule has 4 heteroatoms. The maximum absolute atomic E-state index is 10.5. The van der Waals surface area contributed by atoms with Crippen LogP contribution in [0.2, 0.25) is 5.02 Å². The SMILES string of the molecule is NC(=O)CC#Cc1ccc2nccc(Cl)c2c1. The summed E-state index contributed by atoms with van der Waals surface area (Å²) in [7, 11) is 0. The first-order chi connectivity index (χ1) is 8.16. The van der Waals surface area contributed by atoms with E-state index in [0.717, 1.165) is 16.5 Å². The fourth-order valence-corrected chi connectivity index (χ4v) is 1.63. The van der Waals surface area contributed by atoms with Gasteiger partial charge >= 0.3 is 0 Å². The summed E-state index contributed by atoms with van der Waals surface area (Å²) in [6.45, 7) is 0. The van der Waals surface area contributed by atoms with E-state index in [-0.39, 0.29) is 6.42 Å². The van der Waals surface area contributed by atoms with Crippen molar-refractivity contribution in [2.45, 2.75) is 6.42 Å². The molecule has 0 unspecified atom stereocenters. The van der Waals surface area contributed by atoms with Crippen molar-refractivity contribution in [2.75, 3.05) is 0 Å². The zero-order chi connectivity index (χ0) is 12.3. The second-order valence-corrected chi connectivity index (χ2v) is 3.88. The summed E-state index contributed by atoms with van der Waals surface area (Å²) >= 11 is 6.05. The quantitative estimate of drug-likeness (QED) is 0.782. The predicted octanol–water partition coefficient (Wildman–Crippen LogP) is 2.12. The first kappa shape index (κ1) is 11.4. The zero-order valence-corrected chi connectivity index (χ0v) is 9.66. The van der Waals surface area contributed by atoms with Gasteiger partial charge in [0.05, 0.1) is 17.0 Å². The maximum Gasteiger partial charge on any atom is 0.229 e. The van der Waals surface area contributed by atoms with Gasteiger partial charge in [-0.3, -0.25) is 9.78 Å². The number of pyridine rings is 1. The number of hydrogen-bond donors (Lipinski definition) is 1. The Labute approximate surface area is 104 Å². The van der Waals surface area contributed by atoms with Crippen LogP contribution < -0.4 is 5.73 Å². The Kier molecular flexibility index (Phi) is 3.27. The lowest BCUT2D eigenvalue weighted by Gasteiger charge is -1.99. The molecular weight excluding hydrogens is 236 g/mol. The summed E-state index contributed by atoms with van der Waals surface area (Å²) in [5.74, 6) is 5.12. The Morgan fingerprint density at radius 2 is 2.24 bits per heavy atom. The van der Waals surface area contributed by atoms with E-state index >= 15 is 0 Å². The van der Waals surface area contributed by atoms with E-state index in [1.165, 1.54) is 0 Å². The molecule has 17 heavy (non-hydrogen) atoms. The van der Waals surface area contributed by atoms with Crippen molar-refractivity contribution >= 4 is 28.4 Å². The van der Waals surface area contributed by atoms with E-state index in [2.05, 4.69) is 16.8 Å². The summed E-state index contributed by atoms with van der Waals surface area (Å²) in [5, 5.41) is 1.48. The van der Waals surface area contributed by atoms with E-state index in [4.69, 9.17) is 17.3 Å². The van der Waals surface area contributed by atoms with Gasteiger partial charge in [-0.05, 0) is 24.3 Å². The molecular formula is C13H9ClN2O. The van der Waals surface area contributed by atoms with Gasteiger partial charge in [-0.2, -0.15) is 0 Å². The summed E-state index contributed by atoms with van der Waals surface area (Å²) in [6, 6.07) is 7.25. The molecule has 0 bridgehead atoms. The van der Waals surface area contributed by atoms with Crippen molar-refractivity contribution in [1.29, 1.82) is 0 Å². The molecule has 0 aliphatic rings. The maximum atomic E-state index is 10.5. The number of amides is 1. The predicted molar refractivity (Wildman–Crippen MR) is 67.4 cm³/mol. The molecule has 1 heterocycles. The third-order valence-electron chi connectivity index (χ3n) is 2.18. The molecule has 0 aliphatic heterocycles. The Balaban J connectivity index is 2.40. The largest absolute Gasteiger partial charge is 0.369 e. The molecule has 0 aliphatic carbocycles. The highest BCUT2D eigenvalue weighted by molar-refractivity contribution is 6.35. The Hall–Kier alpha value is -2.05. The third-order valence-corrected chi connectivity index (χ3v) is 2.51. The summed E-state index contributed by atoms with van der Waals surface area (Å²) < 4.78 is 0. The second-order valence-electron chi connectivity index (χ2n) is 3.47. The fourth-order valence-electron chi connectivity index (χ4n) is 1.42. The lowest BCUT2D eigenvalue weighted by Crippen LogP contribution is -2.08. The first-order valence-corrected chi connectivity index (χ1v) is 5.36. The van der Waals surface area contributed by atoms with E-state index in [1.54, 1.807) is 12.3 Å². The van der Waals surface area contributed by atoms with Crippen LogP contribution in [0.4, 0.5) is 0 Å². The van der Waals surface area contributed by atoms with Crippen molar-refractivity contribution in [3.05, 3.63) is 41.0 Å². The molecule has 0 saturated heterocycles. The van der Waals surface area contributed by atoms with Crippen LogP contribution in [0, 0.1) is 11.8 Å². The summed E-state index contributed by atoms with van der Waals surface area (Å²) in [5.41, 5.74) is 6.60. The number of aromatic nitrogens is 1. The van der Waals surface area contributed by atoms with Crippen LogP contribution in [-0.4, -0.2) is 10.9 Å². The van der Waals surface area contributed by atoms with Gasteiger partial charge in [-0.15, -0.1) is 0 Å². The Morgan fingerprint density at radius 3 is 3.00 bits per heavy atom. The van der Waals surface area contributed by atoms with E-state index < -0.39 is 5.91 Å². The van der Waals surface area contributed by atoms with E-state index in [9.17, 15) is 4.79 Å². The standard InChI is InChI=1S/C13H9ClN2O/c14-11-6-7-16-12-5-4-9(8-10(11)12)2-1-3-13(15)17/h4-8H,3H2,(H2,15,17). The molecule has 0 fully saturated rings. The number of benzene rings is 1. The summed E-state index contributed by atoms with van der Waals surface area (Å²) in [6.07, 6.45) is 1.71. The molecule has 0 spiro atoms. The number of halogens is 1. The molecule has 3 nitrogen and oxygen atoms in total. The molecule has 0 atom stereocenters. The minimum absolute atomic E-state index is 0.0544. The fraction of sp³-hybridized carbons (Fsp3) is 0.0769.